The molecule has 4 nitrogen and oxygen atoms in total. The minimum absolute atomic E-state index is 0.0976. The van der Waals surface area contributed by atoms with E-state index in [1.54, 1.807) is 19.1 Å². The van der Waals surface area contributed by atoms with Crippen molar-refractivity contribution in [2.75, 3.05) is 11.9 Å². The van der Waals surface area contributed by atoms with Gasteiger partial charge in [0.15, 0.2) is 5.11 Å². The smallest absolute Gasteiger partial charge is 0.338 e. The van der Waals surface area contributed by atoms with Crippen LogP contribution >= 0.6 is 12.2 Å². The van der Waals surface area contributed by atoms with Crippen molar-refractivity contribution in [2.45, 2.75) is 26.8 Å². The fourth-order valence-electron chi connectivity index (χ4n) is 3.24. The Bertz CT molecular complexity index is 1030. The molecule has 0 aliphatic heterocycles. The number of rotatable bonds is 6. The molecule has 0 radical (unpaired) electrons. The fraction of sp³-hybridized carbons (Fsp3) is 0.200. The number of anilines is 1. The Morgan fingerprint density at radius 2 is 1.70 bits per heavy atom. The van der Waals surface area contributed by atoms with Crippen LogP contribution in [0.3, 0.4) is 0 Å². The van der Waals surface area contributed by atoms with Crippen LogP contribution < -0.4 is 10.6 Å². The number of carbonyl (C=O) groups is 1. The number of hydrogen-bond donors (Lipinski definition) is 2. The van der Waals surface area contributed by atoms with Gasteiger partial charge in [0.25, 0.3) is 0 Å². The Balaban J connectivity index is 1.83. The summed E-state index contributed by atoms with van der Waals surface area (Å²) in [5, 5.41) is 7.16. The van der Waals surface area contributed by atoms with Crippen LogP contribution in [-0.4, -0.2) is 17.7 Å². The van der Waals surface area contributed by atoms with E-state index in [1.165, 1.54) is 5.56 Å². The first-order chi connectivity index (χ1) is 14.5. The van der Waals surface area contributed by atoms with Crippen molar-refractivity contribution >= 4 is 29.0 Å². The molecule has 0 saturated heterocycles. The SMILES string of the molecule is CCOC(=O)c1ccc(C)c(NC(=S)N[C@@H](c2ccccc2)c2cccc(C)c2)c1. The molecular weight excluding hydrogens is 392 g/mol. The van der Waals surface area contributed by atoms with Gasteiger partial charge >= 0.3 is 5.97 Å². The molecule has 0 fully saturated rings. The zero-order valence-corrected chi connectivity index (χ0v) is 18.3. The summed E-state index contributed by atoms with van der Waals surface area (Å²) in [5.74, 6) is -0.346. The molecule has 3 aromatic carbocycles. The van der Waals surface area contributed by atoms with E-state index in [0.717, 1.165) is 22.4 Å². The molecule has 0 amide bonds. The highest BCUT2D eigenvalue weighted by atomic mass is 32.1. The average Bonchev–Trinajstić information content (AvgIpc) is 2.74. The summed E-state index contributed by atoms with van der Waals surface area (Å²) in [7, 11) is 0. The summed E-state index contributed by atoms with van der Waals surface area (Å²) in [5.41, 5.74) is 5.68. The van der Waals surface area contributed by atoms with Crippen molar-refractivity contribution in [3.8, 4) is 0 Å². The molecule has 0 aromatic heterocycles. The Morgan fingerprint density at radius 3 is 2.40 bits per heavy atom. The van der Waals surface area contributed by atoms with Crippen molar-refractivity contribution in [3.63, 3.8) is 0 Å². The van der Waals surface area contributed by atoms with Crippen molar-refractivity contribution in [1.82, 2.24) is 5.32 Å². The molecule has 0 saturated carbocycles. The standard InChI is InChI=1S/C25H26N2O2S/c1-4-29-24(28)21-14-13-18(3)22(16-21)26-25(30)27-23(19-10-6-5-7-11-19)20-12-8-9-17(2)15-20/h5-16,23H,4H2,1-3H3,(H2,26,27,30)/t23-/m0/s1. The van der Waals surface area contributed by atoms with Gasteiger partial charge in [-0.3, -0.25) is 0 Å². The minimum atomic E-state index is -0.346. The lowest BCUT2D eigenvalue weighted by Crippen LogP contribution is -2.33. The second-order valence-electron chi connectivity index (χ2n) is 7.11. The number of nitrogens with one attached hydrogen (secondary N) is 2. The van der Waals surface area contributed by atoms with Gasteiger partial charge in [-0.05, 0) is 61.8 Å². The topological polar surface area (TPSA) is 50.4 Å². The van der Waals surface area contributed by atoms with Crippen LogP contribution in [-0.2, 0) is 4.74 Å². The molecule has 0 aliphatic rings. The first kappa shape index (κ1) is 21.5. The van der Waals surface area contributed by atoms with E-state index in [4.69, 9.17) is 17.0 Å². The van der Waals surface area contributed by atoms with Gasteiger partial charge in [0.05, 0.1) is 18.2 Å². The zero-order chi connectivity index (χ0) is 21.5. The van der Waals surface area contributed by atoms with Crippen molar-refractivity contribution in [3.05, 3.63) is 101 Å². The Morgan fingerprint density at radius 1 is 0.967 bits per heavy atom. The highest BCUT2D eigenvalue weighted by Gasteiger charge is 2.16. The monoisotopic (exact) mass is 418 g/mol. The lowest BCUT2D eigenvalue weighted by atomic mass is 9.97. The summed E-state index contributed by atoms with van der Waals surface area (Å²) in [6, 6.07) is 23.9. The van der Waals surface area contributed by atoms with E-state index >= 15 is 0 Å². The van der Waals surface area contributed by atoms with Gasteiger partial charge in [0, 0.05) is 5.69 Å². The maximum absolute atomic E-state index is 12.1. The van der Waals surface area contributed by atoms with Gasteiger partial charge < -0.3 is 15.4 Å². The molecule has 0 heterocycles. The van der Waals surface area contributed by atoms with Crippen LogP contribution in [0.2, 0.25) is 0 Å². The summed E-state index contributed by atoms with van der Waals surface area (Å²) < 4.78 is 5.10. The van der Waals surface area contributed by atoms with Gasteiger partial charge in [-0.2, -0.15) is 0 Å². The van der Waals surface area contributed by atoms with Crippen LogP contribution in [0, 0.1) is 13.8 Å². The van der Waals surface area contributed by atoms with E-state index in [-0.39, 0.29) is 12.0 Å². The number of esters is 1. The summed E-state index contributed by atoms with van der Waals surface area (Å²) in [4.78, 5) is 12.1. The summed E-state index contributed by atoms with van der Waals surface area (Å²) >= 11 is 5.63. The number of hydrogen-bond acceptors (Lipinski definition) is 3. The molecule has 30 heavy (non-hydrogen) atoms. The fourth-order valence-corrected chi connectivity index (χ4v) is 3.47. The maximum atomic E-state index is 12.1. The van der Waals surface area contributed by atoms with E-state index in [2.05, 4.69) is 47.9 Å². The Kier molecular flexibility index (Phi) is 7.20. The second kappa shape index (κ2) is 10.0. The number of thiocarbonyl (C=S) groups is 1. The molecular formula is C25H26N2O2S. The minimum Gasteiger partial charge on any atom is -0.462 e. The van der Waals surface area contributed by atoms with Crippen LogP contribution in [0.25, 0.3) is 0 Å². The number of benzene rings is 3. The van der Waals surface area contributed by atoms with Crippen molar-refractivity contribution in [2.24, 2.45) is 0 Å². The molecule has 0 bridgehead atoms. The largest absolute Gasteiger partial charge is 0.462 e. The van der Waals surface area contributed by atoms with Crippen molar-refractivity contribution in [1.29, 1.82) is 0 Å². The van der Waals surface area contributed by atoms with Crippen LogP contribution in [0.1, 0.15) is 45.6 Å². The first-order valence-corrected chi connectivity index (χ1v) is 10.4. The molecule has 0 spiro atoms. The van der Waals surface area contributed by atoms with E-state index < -0.39 is 0 Å². The first-order valence-electron chi connectivity index (χ1n) is 9.94. The third-order valence-electron chi connectivity index (χ3n) is 4.78. The molecule has 0 aliphatic carbocycles. The molecule has 3 aromatic rings. The molecule has 0 unspecified atom stereocenters. The lowest BCUT2D eigenvalue weighted by molar-refractivity contribution is 0.0526. The predicted octanol–water partition coefficient (Wildman–Crippen LogP) is 5.56. The Hall–Kier alpha value is -3.18. The normalized spacial score (nSPS) is 11.4. The quantitative estimate of drug-likeness (QED) is 0.406. The zero-order valence-electron chi connectivity index (χ0n) is 17.4. The van der Waals surface area contributed by atoms with Gasteiger partial charge in [-0.15, -0.1) is 0 Å². The number of carbonyl (C=O) groups excluding carboxylic acids is 1. The van der Waals surface area contributed by atoms with Gasteiger partial charge in [0.2, 0.25) is 0 Å². The van der Waals surface area contributed by atoms with Crippen molar-refractivity contribution < 1.29 is 9.53 Å². The third-order valence-corrected chi connectivity index (χ3v) is 5.00. The van der Waals surface area contributed by atoms with Crippen LogP contribution in [0.15, 0.2) is 72.8 Å². The van der Waals surface area contributed by atoms with E-state index in [9.17, 15) is 4.79 Å². The van der Waals surface area contributed by atoms with Crippen LogP contribution in [0.5, 0.6) is 0 Å². The molecule has 5 heteroatoms. The highest BCUT2D eigenvalue weighted by molar-refractivity contribution is 7.80. The summed E-state index contributed by atoms with van der Waals surface area (Å²) in [6.07, 6.45) is 0. The van der Waals surface area contributed by atoms with Gasteiger partial charge in [-0.25, -0.2) is 4.79 Å². The van der Waals surface area contributed by atoms with Gasteiger partial charge in [-0.1, -0.05) is 66.2 Å². The van der Waals surface area contributed by atoms with E-state index in [1.807, 2.05) is 37.3 Å². The molecule has 154 valence electrons. The number of aryl methyl sites for hydroxylation is 2. The summed E-state index contributed by atoms with van der Waals surface area (Å²) in [6.45, 7) is 6.17. The van der Waals surface area contributed by atoms with Crippen LogP contribution in [0.4, 0.5) is 5.69 Å². The lowest BCUT2D eigenvalue weighted by Gasteiger charge is -2.23. The average molecular weight is 419 g/mol. The Labute approximate surface area is 183 Å². The predicted molar refractivity (Wildman–Crippen MR) is 126 cm³/mol. The van der Waals surface area contributed by atoms with E-state index in [0.29, 0.717) is 17.3 Å². The highest BCUT2D eigenvalue weighted by Crippen LogP contribution is 2.24. The molecule has 3 rings (SSSR count). The number of ether oxygens (including phenoxy) is 1. The van der Waals surface area contributed by atoms with Gasteiger partial charge in [0.1, 0.15) is 0 Å². The molecule has 1 atom stereocenters. The third kappa shape index (κ3) is 5.45. The second-order valence-corrected chi connectivity index (χ2v) is 7.51. The molecule has 2 N–H and O–H groups in total. The maximum Gasteiger partial charge on any atom is 0.338 e.